The van der Waals surface area contributed by atoms with Crippen molar-refractivity contribution >= 4 is 11.0 Å². The Morgan fingerprint density at radius 1 is 0.967 bits per heavy atom. The summed E-state index contributed by atoms with van der Waals surface area (Å²) in [5.74, 6) is 2.89. The predicted molar refractivity (Wildman–Crippen MR) is 107 cm³/mol. The summed E-state index contributed by atoms with van der Waals surface area (Å²) in [5, 5.41) is 4.00. The molecule has 0 bridgehead atoms. The van der Waals surface area contributed by atoms with Gasteiger partial charge in [-0.05, 0) is 43.3 Å². The number of ether oxygens (including phenoxy) is 2. The second kappa shape index (κ2) is 7.32. The Hall–Kier alpha value is -4.20. The van der Waals surface area contributed by atoms with Crippen LogP contribution in [-0.4, -0.2) is 20.1 Å². The van der Waals surface area contributed by atoms with E-state index in [9.17, 15) is 4.39 Å². The lowest BCUT2D eigenvalue weighted by Gasteiger charge is -2.10. The van der Waals surface area contributed by atoms with E-state index in [2.05, 4.69) is 20.1 Å². The molecule has 0 saturated carbocycles. The van der Waals surface area contributed by atoms with Gasteiger partial charge in [-0.15, -0.1) is 0 Å². The fourth-order valence-electron chi connectivity index (χ4n) is 2.97. The van der Waals surface area contributed by atoms with Gasteiger partial charge in [0.15, 0.2) is 11.6 Å². The number of hydrogen-bond donors (Lipinski definition) is 1. The molecule has 2 aromatic carbocycles. The number of aryl methyl sites for hydroxylation is 1. The highest BCUT2D eigenvalue weighted by Crippen LogP contribution is 2.36. The van der Waals surface area contributed by atoms with E-state index in [0.29, 0.717) is 51.3 Å². The summed E-state index contributed by atoms with van der Waals surface area (Å²) < 4.78 is 30.3. The van der Waals surface area contributed by atoms with E-state index in [-0.39, 0.29) is 5.82 Å². The lowest BCUT2D eigenvalue weighted by Crippen LogP contribution is -1.90. The predicted octanol–water partition coefficient (Wildman–Crippen LogP) is 5.65. The first kappa shape index (κ1) is 17.9. The molecule has 0 unspecified atom stereocenters. The molecule has 0 radical (unpaired) electrons. The molecule has 0 fully saturated rings. The van der Waals surface area contributed by atoms with Crippen LogP contribution in [0.4, 0.5) is 4.39 Å². The Morgan fingerprint density at radius 3 is 2.57 bits per heavy atom. The van der Waals surface area contributed by atoms with Crippen LogP contribution >= 0.6 is 0 Å². The van der Waals surface area contributed by atoms with Gasteiger partial charge in [-0.3, -0.25) is 4.98 Å². The second-order valence-corrected chi connectivity index (χ2v) is 6.57. The number of aromatic nitrogens is 4. The van der Waals surface area contributed by atoms with Crippen molar-refractivity contribution in [1.29, 1.82) is 0 Å². The third kappa shape index (κ3) is 3.58. The topological polar surface area (TPSA) is 86.1 Å². The van der Waals surface area contributed by atoms with Gasteiger partial charge in [0.2, 0.25) is 0 Å². The number of nitrogens with zero attached hydrogens (tertiary/aromatic N) is 3. The van der Waals surface area contributed by atoms with Gasteiger partial charge >= 0.3 is 0 Å². The molecular weight excluding hydrogens is 387 g/mol. The Balaban J connectivity index is 1.59. The molecule has 5 rings (SSSR count). The Labute approximate surface area is 170 Å². The van der Waals surface area contributed by atoms with Gasteiger partial charge in [-0.2, -0.15) is 0 Å². The Morgan fingerprint density at radius 2 is 1.83 bits per heavy atom. The van der Waals surface area contributed by atoms with Crippen LogP contribution in [0.2, 0.25) is 0 Å². The molecule has 3 heterocycles. The van der Waals surface area contributed by atoms with Gasteiger partial charge in [-0.1, -0.05) is 5.16 Å². The molecule has 30 heavy (non-hydrogen) atoms. The Bertz CT molecular complexity index is 1310. The van der Waals surface area contributed by atoms with Gasteiger partial charge in [0, 0.05) is 24.4 Å². The van der Waals surface area contributed by atoms with Crippen LogP contribution in [0.15, 0.2) is 71.5 Å². The van der Waals surface area contributed by atoms with Crippen molar-refractivity contribution in [3.05, 3.63) is 78.6 Å². The monoisotopic (exact) mass is 402 g/mol. The van der Waals surface area contributed by atoms with Crippen molar-refractivity contribution in [1.82, 2.24) is 20.1 Å². The SMILES string of the molecule is Cc1cc(-c2nc3c(Oc4ccc(F)cc4)cc(Oc4cccnc4)cc3[nH]2)no1. The van der Waals surface area contributed by atoms with Crippen LogP contribution in [0, 0.1) is 12.7 Å². The zero-order valence-corrected chi connectivity index (χ0v) is 15.8. The molecule has 0 aliphatic heterocycles. The van der Waals surface area contributed by atoms with E-state index in [1.807, 2.05) is 13.0 Å². The lowest BCUT2D eigenvalue weighted by molar-refractivity contribution is 0.399. The normalized spacial score (nSPS) is 11.0. The maximum atomic E-state index is 13.3. The van der Waals surface area contributed by atoms with E-state index in [4.69, 9.17) is 14.0 Å². The van der Waals surface area contributed by atoms with Crippen molar-refractivity contribution in [2.45, 2.75) is 6.92 Å². The van der Waals surface area contributed by atoms with E-state index >= 15 is 0 Å². The summed E-state index contributed by atoms with van der Waals surface area (Å²) in [5.41, 5.74) is 1.84. The smallest absolute Gasteiger partial charge is 0.160 e. The summed E-state index contributed by atoms with van der Waals surface area (Å²) in [6.45, 7) is 1.81. The maximum Gasteiger partial charge on any atom is 0.160 e. The number of rotatable bonds is 5. The van der Waals surface area contributed by atoms with Gasteiger partial charge < -0.3 is 19.0 Å². The molecule has 0 aliphatic carbocycles. The first-order chi connectivity index (χ1) is 14.6. The highest BCUT2D eigenvalue weighted by Gasteiger charge is 2.16. The van der Waals surface area contributed by atoms with Crippen molar-refractivity contribution in [3.63, 3.8) is 0 Å². The minimum absolute atomic E-state index is 0.343. The van der Waals surface area contributed by atoms with E-state index in [1.54, 1.807) is 48.8 Å². The molecule has 0 aliphatic rings. The molecule has 0 amide bonds. The van der Waals surface area contributed by atoms with Crippen molar-refractivity contribution in [3.8, 4) is 34.5 Å². The Kier molecular flexibility index (Phi) is 4.36. The third-order valence-electron chi connectivity index (χ3n) is 4.31. The highest BCUT2D eigenvalue weighted by molar-refractivity contribution is 5.86. The van der Waals surface area contributed by atoms with Crippen LogP contribution in [-0.2, 0) is 0 Å². The number of halogens is 1. The zero-order chi connectivity index (χ0) is 20.5. The molecule has 1 N–H and O–H groups in total. The fraction of sp³-hybridized carbons (Fsp3) is 0.0455. The second-order valence-electron chi connectivity index (χ2n) is 6.57. The highest BCUT2D eigenvalue weighted by atomic mass is 19.1. The van der Waals surface area contributed by atoms with Crippen LogP contribution in [0.25, 0.3) is 22.6 Å². The summed E-state index contributed by atoms with van der Waals surface area (Å²) in [6.07, 6.45) is 3.28. The number of aromatic amines is 1. The molecule has 8 heteroatoms. The number of nitrogens with one attached hydrogen (secondary N) is 1. The van der Waals surface area contributed by atoms with Gasteiger partial charge in [0.1, 0.15) is 40.0 Å². The fourth-order valence-corrected chi connectivity index (χ4v) is 2.97. The average molecular weight is 402 g/mol. The van der Waals surface area contributed by atoms with Crippen molar-refractivity contribution in [2.75, 3.05) is 0 Å². The largest absolute Gasteiger partial charge is 0.456 e. The molecule has 7 nitrogen and oxygen atoms in total. The molecule has 5 aromatic rings. The summed E-state index contributed by atoms with van der Waals surface area (Å²) in [4.78, 5) is 11.9. The molecule has 0 spiro atoms. The molecule has 0 saturated heterocycles. The number of benzene rings is 2. The summed E-state index contributed by atoms with van der Waals surface area (Å²) in [7, 11) is 0. The first-order valence-corrected chi connectivity index (χ1v) is 9.13. The molecule has 148 valence electrons. The van der Waals surface area contributed by atoms with Gasteiger partial charge in [0.25, 0.3) is 0 Å². The first-order valence-electron chi connectivity index (χ1n) is 9.13. The number of H-pyrrole nitrogens is 1. The standard InChI is InChI=1S/C22H15FN4O3/c1-13-9-19(27-30-13)22-25-18-10-17(28-16-3-2-8-24-12-16)11-20(21(18)26-22)29-15-6-4-14(23)5-7-15/h2-12H,1H3,(H,25,26). The third-order valence-corrected chi connectivity index (χ3v) is 4.31. The van der Waals surface area contributed by atoms with E-state index in [1.165, 1.54) is 12.1 Å². The molecular formula is C22H15FN4O3. The number of hydrogen-bond acceptors (Lipinski definition) is 6. The summed E-state index contributed by atoms with van der Waals surface area (Å²) >= 11 is 0. The van der Waals surface area contributed by atoms with Crippen molar-refractivity contribution in [2.24, 2.45) is 0 Å². The van der Waals surface area contributed by atoms with E-state index < -0.39 is 0 Å². The average Bonchev–Trinajstić information content (AvgIpc) is 3.37. The lowest BCUT2D eigenvalue weighted by atomic mass is 10.2. The number of pyridine rings is 1. The van der Waals surface area contributed by atoms with Gasteiger partial charge in [0.05, 0.1) is 11.7 Å². The van der Waals surface area contributed by atoms with Crippen LogP contribution in [0.1, 0.15) is 5.76 Å². The van der Waals surface area contributed by atoms with Crippen LogP contribution < -0.4 is 9.47 Å². The van der Waals surface area contributed by atoms with Gasteiger partial charge in [-0.25, -0.2) is 9.37 Å². The summed E-state index contributed by atoms with van der Waals surface area (Å²) in [6, 6.07) is 14.6. The number of imidazole rings is 1. The molecule has 0 atom stereocenters. The quantitative estimate of drug-likeness (QED) is 0.409. The zero-order valence-electron chi connectivity index (χ0n) is 15.8. The number of fused-ring (bicyclic) bond motifs is 1. The minimum Gasteiger partial charge on any atom is -0.456 e. The van der Waals surface area contributed by atoms with Crippen LogP contribution in [0.5, 0.6) is 23.0 Å². The maximum absolute atomic E-state index is 13.3. The van der Waals surface area contributed by atoms with Crippen molar-refractivity contribution < 1.29 is 18.4 Å². The minimum atomic E-state index is -0.343. The van der Waals surface area contributed by atoms with Crippen LogP contribution in [0.3, 0.4) is 0 Å². The van der Waals surface area contributed by atoms with E-state index in [0.717, 1.165) is 0 Å². The molecule has 3 aromatic heterocycles.